The highest BCUT2D eigenvalue weighted by molar-refractivity contribution is 9.10. The quantitative estimate of drug-likeness (QED) is 0.533. The van der Waals surface area contributed by atoms with Crippen LogP contribution in [0.3, 0.4) is 0 Å². The molecule has 7 heteroatoms. The van der Waals surface area contributed by atoms with Crippen molar-refractivity contribution >= 4 is 34.0 Å². The van der Waals surface area contributed by atoms with Crippen molar-refractivity contribution in [2.24, 2.45) is 5.10 Å². The molecule has 0 spiro atoms. The van der Waals surface area contributed by atoms with Gasteiger partial charge in [0.05, 0.1) is 11.8 Å². The number of hydrogen-bond donors (Lipinski definition) is 2. The summed E-state index contributed by atoms with van der Waals surface area (Å²) < 4.78 is 6.60. The Morgan fingerprint density at radius 2 is 1.85 bits per heavy atom. The molecule has 2 aromatic carbocycles. The Morgan fingerprint density at radius 3 is 2.44 bits per heavy atom. The van der Waals surface area contributed by atoms with E-state index in [1.54, 1.807) is 12.1 Å². The molecule has 2 aromatic rings. The van der Waals surface area contributed by atoms with E-state index in [0.29, 0.717) is 11.3 Å². The zero-order valence-corrected chi connectivity index (χ0v) is 16.9. The predicted molar refractivity (Wildman–Crippen MR) is 107 cm³/mol. The van der Waals surface area contributed by atoms with Crippen molar-refractivity contribution in [3.05, 3.63) is 63.6 Å². The first-order valence-corrected chi connectivity index (χ1v) is 9.04. The Balaban J connectivity index is 1.92. The molecule has 2 N–H and O–H groups in total. The third-order valence-corrected chi connectivity index (χ3v) is 4.16. The SMILES string of the molecule is CC(C)(C)c1cc(Br)ccc1OCC(=O)N/N=C/c1ccc(C(=O)O)cc1. The first-order valence-electron chi connectivity index (χ1n) is 8.25. The maximum atomic E-state index is 11.9. The molecule has 1 amide bonds. The van der Waals surface area contributed by atoms with Crippen LogP contribution in [0.5, 0.6) is 5.75 Å². The molecule has 0 aromatic heterocycles. The van der Waals surface area contributed by atoms with Crippen molar-refractivity contribution in [2.75, 3.05) is 6.61 Å². The van der Waals surface area contributed by atoms with Gasteiger partial charge in [0.25, 0.3) is 5.91 Å². The van der Waals surface area contributed by atoms with Crippen LogP contribution < -0.4 is 10.2 Å². The van der Waals surface area contributed by atoms with Gasteiger partial charge < -0.3 is 9.84 Å². The van der Waals surface area contributed by atoms with Crippen molar-refractivity contribution in [3.8, 4) is 5.75 Å². The van der Waals surface area contributed by atoms with Gasteiger partial charge in [-0.1, -0.05) is 48.8 Å². The molecule has 0 saturated heterocycles. The summed E-state index contributed by atoms with van der Waals surface area (Å²) in [5.74, 6) is -0.739. The summed E-state index contributed by atoms with van der Waals surface area (Å²) in [4.78, 5) is 22.7. The zero-order chi connectivity index (χ0) is 20.0. The Kier molecular flexibility index (Phi) is 6.74. The van der Waals surface area contributed by atoms with Gasteiger partial charge in [0.15, 0.2) is 6.61 Å². The third-order valence-electron chi connectivity index (χ3n) is 3.67. The summed E-state index contributed by atoms with van der Waals surface area (Å²) in [7, 11) is 0. The Hall–Kier alpha value is -2.67. The molecule has 0 fully saturated rings. The highest BCUT2D eigenvalue weighted by Gasteiger charge is 2.19. The van der Waals surface area contributed by atoms with E-state index in [1.807, 2.05) is 18.2 Å². The molecule has 0 radical (unpaired) electrons. The van der Waals surface area contributed by atoms with Gasteiger partial charge in [-0.15, -0.1) is 0 Å². The van der Waals surface area contributed by atoms with E-state index in [1.165, 1.54) is 18.3 Å². The normalized spacial score (nSPS) is 11.4. The number of carbonyl (C=O) groups is 2. The van der Waals surface area contributed by atoms with Crippen LogP contribution in [0.2, 0.25) is 0 Å². The van der Waals surface area contributed by atoms with Gasteiger partial charge in [-0.3, -0.25) is 4.79 Å². The highest BCUT2D eigenvalue weighted by atomic mass is 79.9. The van der Waals surface area contributed by atoms with Gasteiger partial charge in [0.2, 0.25) is 0 Å². The summed E-state index contributed by atoms with van der Waals surface area (Å²) in [5, 5.41) is 12.7. The van der Waals surface area contributed by atoms with Crippen LogP contribution in [0.4, 0.5) is 0 Å². The number of benzene rings is 2. The molecule has 2 rings (SSSR count). The summed E-state index contributed by atoms with van der Waals surface area (Å²) in [6.07, 6.45) is 1.43. The van der Waals surface area contributed by atoms with Crippen LogP contribution in [0.1, 0.15) is 42.3 Å². The lowest BCUT2D eigenvalue weighted by atomic mass is 9.86. The van der Waals surface area contributed by atoms with Crippen molar-refractivity contribution < 1.29 is 19.4 Å². The second-order valence-electron chi connectivity index (χ2n) is 6.90. The summed E-state index contributed by atoms with van der Waals surface area (Å²) in [6.45, 7) is 6.05. The smallest absolute Gasteiger partial charge is 0.335 e. The number of halogens is 1. The molecule has 0 heterocycles. The molecule has 0 bridgehead atoms. The fourth-order valence-electron chi connectivity index (χ4n) is 2.28. The first-order chi connectivity index (χ1) is 12.7. The average Bonchev–Trinajstić information content (AvgIpc) is 2.60. The van der Waals surface area contributed by atoms with Crippen molar-refractivity contribution in [2.45, 2.75) is 26.2 Å². The van der Waals surface area contributed by atoms with E-state index in [9.17, 15) is 9.59 Å². The number of nitrogens with one attached hydrogen (secondary N) is 1. The van der Waals surface area contributed by atoms with Gasteiger partial charge in [-0.05, 0) is 41.3 Å². The molecular weight excluding hydrogens is 412 g/mol. The third kappa shape index (κ3) is 6.21. The lowest BCUT2D eigenvalue weighted by Gasteiger charge is -2.23. The summed E-state index contributed by atoms with van der Waals surface area (Å²) in [5.41, 5.74) is 4.11. The molecule has 0 unspecified atom stereocenters. The van der Waals surface area contributed by atoms with Gasteiger partial charge in [0.1, 0.15) is 5.75 Å². The van der Waals surface area contributed by atoms with Crippen LogP contribution in [0, 0.1) is 0 Å². The Morgan fingerprint density at radius 1 is 1.19 bits per heavy atom. The zero-order valence-electron chi connectivity index (χ0n) is 15.3. The van der Waals surface area contributed by atoms with Crippen LogP contribution in [-0.4, -0.2) is 29.8 Å². The van der Waals surface area contributed by atoms with Gasteiger partial charge in [0, 0.05) is 10.0 Å². The number of carbonyl (C=O) groups excluding carboxylic acids is 1. The van der Waals surface area contributed by atoms with Crippen LogP contribution in [0.15, 0.2) is 52.0 Å². The number of aromatic carboxylic acids is 1. The lowest BCUT2D eigenvalue weighted by Crippen LogP contribution is -2.25. The van der Waals surface area contributed by atoms with Crippen LogP contribution in [-0.2, 0) is 10.2 Å². The minimum Gasteiger partial charge on any atom is -0.483 e. The Labute approximate surface area is 166 Å². The minimum atomic E-state index is -0.994. The number of ether oxygens (including phenoxy) is 1. The van der Waals surface area contributed by atoms with E-state index in [-0.39, 0.29) is 17.6 Å². The van der Waals surface area contributed by atoms with Gasteiger partial charge in [-0.2, -0.15) is 5.10 Å². The Bertz CT molecular complexity index is 855. The molecule has 0 aliphatic heterocycles. The number of hydrogen-bond acceptors (Lipinski definition) is 4. The van der Waals surface area contributed by atoms with E-state index >= 15 is 0 Å². The van der Waals surface area contributed by atoms with E-state index in [4.69, 9.17) is 9.84 Å². The number of rotatable bonds is 6. The summed E-state index contributed by atoms with van der Waals surface area (Å²) in [6, 6.07) is 11.8. The van der Waals surface area contributed by atoms with E-state index in [0.717, 1.165) is 10.0 Å². The number of hydrazone groups is 1. The molecule has 6 nitrogen and oxygen atoms in total. The van der Waals surface area contributed by atoms with E-state index in [2.05, 4.69) is 47.2 Å². The summed E-state index contributed by atoms with van der Waals surface area (Å²) >= 11 is 3.45. The number of carboxylic acids is 1. The molecular formula is C20H21BrN2O4. The van der Waals surface area contributed by atoms with Gasteiger partial charge >= 0.3 is 5.97 Å². The van der Waals surface area contributed by atoms with Crippen LogP contribution >= 0.6 is 15.9 Å². The van der Waals surface area contributed by atoms with Gasteiger partial charge in [-0.25, -0.2) is 10.2 Å². The molecule has 0 saturated carbocycles. The largest absolute Gasteiger partial charge is 0.483 e. The predicted octanol–water partition coefficient (Wildman–Crippen LogP) is 3.97. The first kappa shape index (κ1) is 20.6. The maximum absolute atomic E-state index is 11.9. The standard InChI is InChI=1S/C20H21BrN2O4/c1-20(2,3)16-10-15(21)8-9-17(16)27-12-18(24)23-22-11-13-4-6-14(7-5-13)19(25)26/h4-11H,12H2,1-3H3,(H,23,24)(H,25,26)/b22-11+. The highest BCUT2D eigenvalue weighted by Crippen LogP contribution is 2.33. The monoisotopic (exact) mass is 432 g/mol. The second-order valence-corrected chi connectivity index (χ2v) is 7.82. The van der Waals surface area contributed by atoms with E-state index < -0.39 is 11.9 Å². The van der Waals surface area contributed by atoms with Crippen molar-refractivity contribution in [1.82, 2.24) is 5.43 Å². The lowest BCUT2D eigenvalue weighted by molar-refractivity contribution is -0.123. The second kappa shape index (κ2) is 8.81. The molecule has 27 heavy (non-hydrogen) atoms. The topological polar surface area (TPSA) is 88.0 Å². The fraction of sp³-hybridized carbons (Fsp3) is 0.250. The van der Waals surface area contributed by atoms with Crippen molar-refractivity contribution in [1.29, 1.82) is 0 Å². The van der Waals surface area contributed by atoms with Crippen molar-refractivity contribution in [3.63, 3.8) is 0 Å². The molecule has 0 aliphatic carbocycles. The molecule has 0 aliphatic rings. The van der Waals surface area contributed by atoms with Crippen LogP contribution in [0.25, 0.3) is 0 Å². The number of carboxylic acid groups (broad SMARTS) is 1. The molecule has 142 valence electrons. The average molecular weight is 433 g/mol. The minimum absolute atomic E-state index is 0.129. The molecule has 0 atom stereocenters. The fourth-order valence-corrected chi connectivity index (χ4v) is 2.64. The maximum Gasteiger partial charge on any atom is 0.335 e. The number of amides is 1. The number of nitrogens with zero attached hydrogens (tertiary/aromatic N) is 1.